The van der Waals surface area contributed by atoms with Gasteiger partial charge >= 0.3 is 12.4 Å². The Labute approximate surface area is 249 Å². The lowest BCUT2D eigenvalue weighted by molar-refractivity contribution is -0.265. The summed E-state index contributed by atoms with van der Waals surface area (Å²) in [6.07, 6.45) is -10.4. The number of alkyl halides is 6. The number of carbonyl (C=O) groups excluding carboxylic acids is 1. The molecule has 4 aromatic rings. The predicted molar refractivity (Wildman–Crippen MR) is 143 cm³/mol. The molecule has 2 aromatic heterocycles. The number of benzene rings is 2. The van der Waals surface area contributed by atoms with Crippen LogP contribution in [0.1, 0.15) is 41.2 Å². The van der Waals surface area contributed by atoms with Crippen LogP contribution < -0.4 is 10.1 Å². The molecule has 0 fully saturated rings. The summed E-state index contributed by atoms with van der Waals surface area (Å²) in [4.78, 5) is 16.9. The lowest BCUT2D eigenvalue weighted by Gasteiger charge is -2.32. The van der Waals surface area contributed by atoms with Crippen LogP contribution in [0.25, 0.3) is 22.2 Å². The normalized spacial score (nSPS) is 13.9. The van der Waals surface area contributed by atoms with Gasteiger partial charge in [-0.25, -0.2) is 9.37 Å². The summed E-state index contributed by atoms with van der Waals surface area (Å²) in [5.74, 6) is -2.09. The molecule has 3 N–H and O–H groups in total. The number of rotatable bonds is 7. The largest absolute Gasteiger partial charge is 0.494 e. The molecular formula is C28H22ClF7N4O4. The van der Waals surface area contributed by atoms with E-state index in [1.807, 2.05) is 5.32 Å². The number of nitrogens with zero attached hydrogens (tertiary/aromatic N) is 3. The van der Waals surface area contributed by atoms with Gasteiger partial charge < -0.3 is 20.3 Å². The SMILES string of the molecule is COc1cc(C(=O)NCC(O)(c2cc(C(C)(C)O)c(Cl)c(-c3ccc(F)cc3)n2)C(F)(F)F)cc2cc(C(F)(F)F)nnc12. The molecule has 16 heteroatoms. The van der Waals surface area contributed by atoms with Crippen molar-refractivity contribution >= 4 is 28.4 Å². The minimum absolute atomic E-state index is 0.0573. The van der Waals surface area contributed by atoms with Crippen LogP contribution >= 0.6 is 11.6 Å². The molecule has 1 amide bonds. The topological polar surface area (TPSA) is 117 Å². The van der Waals surface area contributed by atoms with E-state index >= 15 is 0 Å². The number of hydrogen-bond acceptors (Lipinski definition) is 7. The summed E-state index contributed by atoms with van der Waals surface area (Å²) >= 11 is 6.39. The maximum atomic E-state index is 14.5. The van der Waals surface area contributed by atoms with Gasteiger partial charge in [0.2, 0.25) is 5.60 Å². The molecule has 1 atom stereocenters. The molecule has 2 heterocycles. The fourth-order valence-corrected chi connectivity index (χ4v) is 4.62. The molecule has 0 radical (unpaired) electrons. The van der Waals surface area contributed by atoms with E-state index in [4.69, 9.17) is 16.3 Å². The van der Waals surface area contributed by atoms with Crippen molar-refractivity contribution in [1.29, 1.82) is 0 Å². The lowest BCUT2D eigenvalue weighted by atomic mass is 9.90. The Balaban J connectivity index is 1.79. The van der Waals surface area contributed by atoms with Crippen LogP contribution in [0.4, 0.5) is 30.7 Å². The third kappa shape index (κ3) is 6.39. The highest BCUT2D eigenvalue weighted by atomic mass is 35.5. The van der Waals surface area contributed by atoms with Gasteiger partial charge in [0.15, 0.2) is 5.69 Å². The van der Waals surface area contributed by atoms with Gasteiger partial charge in [-0.15, -0.1) is 10.2 Å². The molecule has 234 valence electrons. The number of aliphatic hydroxyl groups is 2. The van der Waals surface area contributed by atoms with Crippen molar-refractivity contribution < 1.29 is 50.5 Å². The zero-order valence-electron chi connectivity index (χ0n) is 22.9. The van der Waals surface area contributed by atoms with Gasteiger partial charge in [0.25, 0.3) is 5.91 Å². The number of halogens is 8. The van der Waals surface area contributed by atoms with Gasteiger partial charge in [0.1, 0.15) is 17.1 Å². The predicted octanol–water partition coefficient (Wildman–Crippen LogP) is 5.92. The molecule has 0 spiro atoms. The summed E-state index contributed by atoms with van der Waals surface area (Å²) < 4.78 is 102. The highest BCUT2D eigenvalue weighted by Crippen LogP contribution is 2.43. The number of methoxy groups -OCH3 is 1. The average molecular weight is 647 g/mol. The van der Waals surface area contributed by atoms with Crippen molar-refractivity contribution in [3.05, 3.63) is 81.9 Å². The van der Waals surface area contributed by atoms with E-state index in [0.29, 0.717) is 6.07 Å². The van der Waals surface area contributed by atoms with Crippen molar-refractivity contribution in [1.82, 2.24) is 20.5 Å². The number of pyridine rings is 1. The average Bonchev–Trinajstić information content (AvgIpc) is 2.93. The fourth-order valence-electron chi connectivity index (χ4n) is 4.18. The molecule has 0 saturated heterocycles. The Morgan fingerprint density at radius 1 is 0.955 bits per heavy atom. The first-order valence-electron chi connectivity index (χ1n) is 12.5. The standard InChI is InChI=1S/C28H22ClF7N4O4/c1-25(2,42)17-11-19(38-23(21(17)29)13-4-6-16(30)7-5-13)26(43,28(34,35)36)12-37-24(41)15-8-14-10-20(27(31,32)33)39-40-22(14)18(9-15)44-3/h4-11,42-43H,12H2,1-3H3,(H,37,41). The second kappa shape index (κ2) is 11.4. The summed E-state index contributed by atoms with van der Waals surface area (Å²) in [5.41, 5.74) is -9.28. The fraction of sp³-hybridized carbons (Fsp3) is 0.286. The molecule has 0 aliphatic carbocycles. The maximum Gasteiger partial charge on any atom is 0.435 e. The quantitative estimate of drug-likeness (QED) is 0.214. The molecule has 44 heavy (non-hydrogen) atoms. The first-order chi connectivity index (χ1) is 20.3. The number of fused-ring (bicyclic) bond motifs is 1. The highest BCUT2D eigenvalue weighted by Gasteiger charge is 2.57. The molecule has 4 rings (SSSR count). The number of nitrogens with one attached hydrogen (secondary N) is 1. The molecule has 2 aromatic carbocycles. The van der Waals surface area contributed by atoms with Crippen LogP contribution in [-0.4, -0.2) is 51.1 Å². The summed E-state index contributed by atoms with van der Waals surface area (Å²) in [6.45, 7) is 0.923. The van der Waals surface area contributed by atoms with Crippen LogP contribution in [0.2, 0.25) is 5.02 Å². The second-order valence-corrected chi connectivity index (χ2v) is 10.5. The van der Waals surface area contributed by atoms with Crippen LogP contribution in [-0.2, 0) is 17.4 Å². The monoisotopic (exact) mass is 646 g/mol. The zero-order valence-corrected chi connectivity index (χ0v) is 23.7. The Morgan fingerprint density at radius 2 is 1.59 bits per heavy atom. The number of aromatic nitrogens is 3. The number of amides is 1. The molecular weight excluding hydrogens is 625 g/mol. The Bertz CT molecular complexity index is 1730. The van der Waals surface area contributed by atoms with Crippen molar-refractivity contribution in [2.24, 2.45) is 0 Å². The molecule has 0 aliphatic rings. The summed E-state index contributed by atoms with van der Waals surface area (Å²) in [6, 6.07) is 7.62. The van der Waals surface area contributed by atoms with Crippen LogP contribution in [0.5, 0.6) is 5.75 Å². The minimum atomic E-state index is -5.48. The van der Waals surface area contributed by atoms with Gasteiger partial charge in [-0.2, -0.15) is 26.3 Å². The number of carbonyl (C=O) groups is 1. The van der Waals surface area contributed by atoms with Crippen molar-refractivity contribution in [2.45, 2.75) is 37.4 Å². The zero-order chi connectivity index (χ0) is 32.8. The Hall–Kier alpha value is -4.08. The molecule has 0 bridgehead atoms. The van der Waals surface area contributed by atoms with E-state index in [2.05, 4.69) is 15.2 Å². The first-order valence-corrected chi connectivity index (χ1v) is 12.8. The van der Waals surface area contributed by atoms with Crippen molar-refractivity contribution in [3.63, 3.8) is 0 Å². The lowest BCUT2D eigenvalue weighted by Crippen LogP contribution is -2.51. The highest BCUT2D eigenvalue weighted by molar-refractivity contribution is 6.34. The van der Waals surface area contributed by atoms with Crippen LogP contribution in [0, 0.1) is 5.82 Å². The second-order valence-electron chi connectivity index (χ2n) is 10.2. The van der Waals surface area contributed by atoms with Crippen molar-refractivity contribution in [2.75, 3.05) is 13.7 Å². The smallest absolute Gasteiger partial charge is 0.435 e. The summed E-state index contributed by atoms with van der Waals surface area (Å²) in [5, 5.41) is 29.7. The van der Waals surface area contributed by atoms with Crippen LogP contribution in [0.15, 0.2) is 48.5 Å². The molecule has 0 saturated carbocycles. The molecule has 1 unspecified atom stereocenters. The van der Waals surface area contributed by atoms with Crippen LogP contribution in [0.3, 0.4) is 0 Å². The maximum absolute atomic E-state index is 14.5. The number of hydrogen-bond donors (Lipinski definition) is 3. The van der Waals surface area contributed by atoms with E-state index in [9.17, 15) is 45.7 Å². The van der Waals surface area contributed by atoms with E-state index in [0.717, 1.165) is 37.4 Å². The third-order valence-corrected chi connectivity index (χ3v) is 6.94. The number of ether oxygens (including phenoxy) is 1. The first kappa shape index (κ1) is 32.8. The van der Waals surface area contributed by atoms with E-state index < -0.39 is 58.8 Å². The Morgan fingerprint density at radius 3 is 2.14 bits per heavy atom. The van der Waals surface area contributed by atoms with E-state index in [-0.39, 0.29) is 38.5 Å². The molecule has 8 nitrogen and oxygen atoms in total. The minimum Gasteiger partial charge on any atom is -0.494 e. The third-order valence-electron chi connectivity index (χ3n) is 6.56. The molecule has 0 aliphatic heterocycles. The van der Waals surface area contributed by atoms with E-state index in [1.54, 1.807) is 0 Å². The van der Waals surface area contributed by atoms with Gasteiger partial charge in [-0.3, -0.25) is 4.79 Å². The Kier molecular flexibility index (Phi) is 8.54. The van der Waals surface area contributed by atoms with E-state index in [1.165, 1.54) is 26.0 Å². The van der Waals surface area contributed by atoms with Gasteiger partial charge in [0, 0.05) is 22.1 Å². The summed E-state index contributed by atoms with van der Waals surface area (Å²) in [7, 11) is 1.13. The van der Waals surface area contributed by atoms with Gasteiger partial charge in [0.05, 0.1) is 35.7 Å². The van der Waals surface area contributed by atoms with Gasteiger partial charge in [-0.05, 0) is 62.4 Å². The van der Waals surface area contributed by atoms with Gasteiger partial charge in [-0.1, -0.05) is 11.6 Å². The van der Waals surface area contributed by atoms with Crippen molar-refractivity contribution in [3.8, 4) is 17.0 Å².